The van der Waals surface area contributed by atoms with E-state index in [9.17, 15) is 13.2 Å². The highest BCUT2D eigenvalue weighted by Crippen LogP contribution is 2.12. The van der Waals surface area contributed by atoms with E-state index in [1.807, 2.05) is 0 Å². The maximum atomic E-state index is 11.3. The highest BCUT2D eigenvalue weighted by atomic mass is 32.2. The first-order valence-corrected chi connectivity index (χ1v) is 6.58. The lowest BCUT2D eigenvalue weighted by molar-refractivity contribution is -0.138. The first kappa shape index (κ1) is 12.2. The molecule has 1 fully saturated rings. The van der Waals surface area contributed by atoms with Crippen LogP contribution in [-0.4, -0.2) is 43.1 Å². The Kier molecular flexibility index (Phi) is 3.87. The Hall–Kier alpha value is -0.880. The van der Waals surface area contributed by atoms with Gasteiger partial charge in [-0.25, -0.2) is 8.42 Å². The molecule has 0 aliphatic carbocycles. The van der Waals surface area contributed by atoms with Crippen LogP contribution in [0.25, 0.3) is 0 Å². The summed E-state index contributed by atoms with van der Waals surface area (Å²) >= 11 is 0. The predicted molar refractivity (Wildman–Crippen MR) is 56.4 cm³/mol. The predicted octanol–water partition coefficient (Wildman–Crippen LogP) is -0.208. The summed E-state index contributed by atoms with van der Waals surface area (Å²) in [6.07, 6.45) is 2.55. The molecule has 1 aliphatic heterocycles. The second-order valence-electron chi connectivity index (χ2n) is 3.67. The number of aliphatic carboxylic acids is 1. The number of carboxylic acids is 1. The molecule has 15 heavy (non-hydrogen) atoms. The van der Waals surface area contributed by atoms with Crippen molar-refractivity contribution in [1.82, 2.24) is 5.32 Å². The zero-order valence-corrected chi connectivity index (χ0v) is 9.16. The second-order valence-corrected chi connectivity index (χ2v) is 5.90. The van der Waals surface area contributed by atoms with E-state index in [-0.39, 0.29) is 17.5 Å². The molecule has 1 saturated heterocycles. The van der Waals surface area contributed by atoms with Crippen LogP contribution in [0.15, 0.2) is 12.7 Å². The normalized spacial score (nSPS) is 26.8. The maximum Gasteiger partial charge on any atom is 0.324 e. The van der Waals surface area contributed by atoms with Gasteiger partial charge in [0.15, 0.2) is 9.84 Å². The molecule has 0 spiro atoms. The average molecular weight is 233 g/mol. The van der Waals surface area contributed by atoms with Crippen molar-refractivity contribution in [3.63, 3.8) is 0 Å². The fourth-order valence-electron chi connectivity index (χ4n) is 1.65. The molecule has 2 atom stereocenters. The van der Waals surface area contributed by atoms with Crippen molar-refractivity contribution in [3.8, 4) is 0 Å². The Labute approximate surface area is 89.1 Å². The van der Waals surface area contributed by atoms with Crippen LogP contribution < -0.4 is 5.32 Å². The van der Waals surface area contributed by atoms with Crippen LogP contribution in [0.4, 0.5) is 0 Å². The van der Waals surface area contributed by atoms with Crippen LogP contribution in [0.5, 0.6) is 0 Å². The Morgan fingerprint density at radius 1 is 1.60 bits per heavy atom. The molecule has 2 unspecified atom stereocenters. The van der Waals surface area contributed by atoms with Crippen molar-refractivity contribution < 1.29 is 18.3 Å². The van der Waals surface area contributed by atoms with Gasteiger partial charge >= 0.3 is 5.97 Å². The van der Waals surface area contributed by atoms with Crippen molar-refractivity contribution >= 4 is 15.8 Å². The molecule has 0 aromatic heterocycles. The van der Waals surface area contributed by atoms with Gasteiger partial charge in [-0.05, 0) is 12.8 Å². The van der Waals surface area contributed by atoms with E-state index in [1.54, 1.807) is 0 Å². The van der Waals surface area contributed by atoms with Crippen LogP contribution in [0, 0.1) is 0 Å². The standard InChI is InChI=1S/C9H15NO4S/c1-2-8(9(11)12)10-7-4-3-5-15(13,14)6-7/h2,7-8,10H,1,3-6H2,(H,11,12). The lowest BCUT2D eigenvalue weighted by Gasteiger charge is -2.25. The molecule has 6 heteroatoms. The first-order chi connectivity index (χ1) is 6.94. The zero-order chi connectivity index (χ0) is 11.5. The van der Waals surface area contributed by atoms with Crippen LogP contribution in [-0.2, 0) is 14.6 Å². The molecular formula is C9H15NO4S. The topological polar surface area (TPSA) is 83.5 Å². The highest BCUT2D eigenvalue weighted by molar-refractivity contribution is 7.91. The van der Waals surface area contributed by atoms with E-state index in [0.29, 0.717) is 12.8 Å². The largest absolute Gasteiger partial charge is 0.480 e. The molecule has 0 saturated carbocycles. The second kappa shape index (κ2) is 4.76. The quantitative estimate of drug-likeness (QED) is 0.657. The van der Waals surface area contributed by atoms with E-state index < -0.39 is 21.8 Å². The fourth-order valence-corrected chi connectivity index (χ4v) is 3.30. The average Bonchev–Trinajstić information content (AvgIpc) is 2.12. The molecule has 0 amide bonds. The summed E-state index contributed by atoms with van der Waals surface area (Å²) in [5, 5.41) is 11.5. The van der Waals surface area contributed by atoms with Gasteiger partial charge in [0.25, 0.3) is 0 Å². The summed E-state index contributed by atoms with van der Waals surface area (Å²) in [5.74, 6) is -0.810. The van der Waals surface area contributed by atoms with Crippen molar-refractivity contribution in [2.24, 2.45) is 0 Å². The molecular weight excluding hydrogens is 218 g/mol. The Bertz CT molecular complexity index is 349. The molecule has 5 nitrogen and oxygen atoms in total. The third-order valence-corrected chi connectivity index (χ3v) is 4.20. The van der Waals surface area contributed by atoms with Crippen LogP contribution in [0.1, 0.15) is 12.8 Å². The number of hydrogen-bond acceptors (Lipinski definition) is 4. The molecule has 86 valence electrons. The summed E-state index contributed by atoms with van der Waals surface area (Å²) in [6.45, 7) is 3.39. The van der Waals surface area contributed by atoms with E-state index in [4.69, 9.17) is 5.11 Å². The first-order valence-electron chi connectivity index (χ1n) is 4.76. The maximum absolute atomic E-state index is 11.3. The number of carbonyl (C=O) groups is 1. The third kappa shape index (κ3) is 3.64. The van der Waals surface area contributed by atoms with Crippen molar-refractivity contribution in [2.45, 2.75) is 24.9 Å². The number of carboxylic acid groups (broad SMARTS) is 1. The lowest BCUT2D eigenvalue weighted by atomic mass is 10.1. The zero-order valence-electron chi connectivity index (χ0n) is 8.35. The van der Waals surface area contributed by atoms with E-state index in [2.05, 4.69) is 11.9 Å². The van der Waals surface area contributed by atoms with E-state index >= 15 is 0 Å². The van der Waals surface area contributed by atoms with Gasteiger partial charge in [-0.2, -0.15) is 0 Å². The van der Waals surface area contributed by atoms with Crippen LogP contribution in [0.2, 0.25) is 0 Å². The number of rotatable bonds is 4. The highest BCUT2D eigenvalue weighted by Gasteiger charge is 2.27. The minimum atomic E-state index is -3.00. The summed E-state index contributed by atoms with van der Waals surface area (Å²) in [7, 11) is -3.00. The van der Waals surface area contributed by atoms with E-state index in [0.717, 1.165) is 0 Å². The summed E-state index contributed by atoms with van der Waals surface area (Å²) < 4.78 is 22.6. The number of hydrogen-bond donors (Lipinski definition) is 2. The molecule has 0 bridgehead atoms. The monoisotopic (exact) mass is 233 g/mol. The Morgan fingerprint density at radius 3 is 2.73 bits per heavy atom. The molecule has 0 aromatic rings. The SMILES string of the molecule is C=CC(NC1CCCS(=O)(=O)C1)C(=O)O. The van der Waals surface area contributed by atoms with Gasteiger partial charge in [-0.3, -0.25) is 10.1 Å². The molecule has 1 rings (SSSR count). The molecule has 0 aromatic carbocycles. The summed E-state index contributed by atoms with van der Waals surface area (Å²) in [4.78, 5) is 10.7. The minimum absolute atomic E-state index is 0.0185. The van der Waals surface area contributed by atoms with Gasteiger partial charge in [0.1, 0.15) is 6.04 Å². The Balaban J connectivity index is 2.58. The smallest absolute Gasteiger partial charge is 0.324 e. The molecule has 0 radical (unpaired) electrons. The number of nitrogens with one attached hydrogen (secondary N) is 1. The van der Waals surface area contributed by atoms with Crippen molar-refractivity contribution in [1.29, 1.82) is 0 Å². The summed E-state index contributed by atoms with van der Waals surface area (Å²) in [5.41, 5.74) is 0. The molecule has 1 heterocycles. The van der Waals surface area contributed by atoms with Crippen LogP contribution >= 0.6 is 0 Å². The fraction of sp³-hybridized carbons (Fsp3) is 0.667. The van der Waals surface area contributed by atoms with Crippen molar-refractivity contribution in [3.05, 3.63) is 12.7 Å². The van der Waals surface area contributed by atoms with Crippen molar-refractivity contribution in [2.75, 3.05) is 11.5 Å². The van der Waals surface area contributed by atoms with Gasteiger partial charge in [0, 0.05) is 6.04 Å². The van der Waals surface area contributed by atoms with Crippen LogP contribution in [0.3, 0.4) is 0 Å². The van der Waals surface area contributed by atoms with E-state index in [1.165, 1.54) is 6.08 Å². The molecule has 2 N–H and O–H groups in total. The third-order valence-electron chi connectivity index (χ3n) is 2.38. The van der Waals surface area contributed by atoms with Gasteiger partial charge in [0.05, 0.1) is 11.5 Å². The minimum Gasteiger partial charge on any atom is -0.480 e. The summed E-state index contributed by atoms with van der Waals surface area (Å²) in [6, 6.07) is -1.15. The molecule has 1 aliphatic rings. The van der Waals surface area contributed by atoms with Gasteiger partial charge < -0.3 is 5.11 Å². The van der Waals surface area contributed by atoms with Gasteiger partial charge in [0.2, 0.25) is 0 Å². The Morgan fingerprint density at radius 2 is 2.27 bits per heavy atom. The van der Waals surface area contributed by atoms with Gasteiger partial charge in [-0.1, -0.05) is 6.08 Å². The lowest BCUT2D eigenvalue weighted by Crippen LogP contribution is -2.47. The van der Waals surface area contributed by atoms with Gasteiger partial charge in [-0.15, -0.1) is 6.58 Å². The number of sulfone groups is 1.